The lowest BCUT2D eigenvalue weighted by Gasteiger charge is -2.21. The Kier molecular flexibility index (Phi) is 6.89. The smallest absolute Gasteiger partial charge is 0.261 e. The van der Waals surface area contributed by atoms with Crippen LogP contribution in [0.2, 0.25) is 0 Å². The molecule has 0 fully saturated rings. The number of nitrogens with one attached hydrogen (secondary N) is 1. The lowest BCUT2D eigenvalue weighted by Crippen LogP contribution is -2.39. The number of hydrogen-bond acceptors (Lipinski definition) is 4. The van der Waals surface area contributed by atoms with E-state index in [-0.39, 0.29) is 11.9 Å². The molecule has 2 aromatic rings. The molecular formula is C21H27NO4. The van der Waals surface area contributed by atoms with Crippen molar-refractivity contribution in [3.8, 4) is 17.2 Å². The first kappa shape index (κ1) is 19.6. The fourth-order valence-corrected chi connectivity index (χ4v) is 2.69. The van der Waals surface area contributed by atoms with E-state index in [9.17, 15) is 4.79 Å². The van der Waals surface area contributed by atoms with Crippen LogP contribution in [0, 0.1) is 6.92 Å². The second kappa shape index (κ2) is 9.13. The van der Waals surface area contributed by atoms with Crippen molar-refractivity contribution in [2.75, 3.05) is 14.2 Å². The Bertz CT molecular complexity index is 745. The molecule has 0 heterocycles. The van der Waals surface area contributed by atoms with Crippen LogP contribution in [0.15, 0.2) is 42.5 Å². The Hall–Kier alpha value is -2.69. The summed E-state index contributed by atoms with van der Waals surface area (Å²) >= 11 is 0. The Balaban J connectivity index is 2.06. The Morgan fingerprint density at radius 2 is 1.81 bits per heavy atom. The molecule has 0 aliphatic carbocycles. The van der Waals surface area contributed by atoms with E-state index in [0.717, 1.165) is 11.1 Å². The van der Waals surface area contributed by atoms with Gasteiger partial charge in [-0.1, -0.05) is 25.1 Å². The second-order valence-corrected chi connectivity index (χ2v) is 6.18. The molecule has 5 heteroatoms. The molecule has 0 bridgehead atoms. The fourth-order valence-electron chi connectivity index (χ4n) is 2.69. The Morgan fingerprint density at radius 3 is 2.42 bits per heavy atom. The van der Waals surface area contributed by atoms with Gasteiger partial charge in [-0.25, -0.2) is 0 Å². The first-order valence-corrected chi connectivity index (χ1v) is 8.74. The summed E-state index contributed by atoms with van der Waals surface area (Å²) < 4.78 is 16.4. The van der Waals surface area contributed by atoms with Crippen LogP contribution in [-0.4, -0.2) is 26.2 Å². The van der Waals surface area contributed by atoms with Crippen molar-refractivity contribution >= 4 is 5.91 Å². The summed E-state index contributed by atoms with van der Waals surface area (Å²) in [5.74, 6) is 1.85. The highest BCUT2D eigenvalue weighted by atomic mass is 16.5. The van der Waals surface area contributed by atoms with Crippen molar-refractivity contribution in [2.45, 2.75) is 39.3 Å². The summed E-state index contributed by atoms with van der Waals surface area (Å²) in [5.41, 5.74) is 2.03. The number of rotatable bonds is 8. The number of ether oxygens (including phenoxy) is 3. The molecule has 2 aromatic carbocycles. The number of carbonyl (C=O) groups excluding carboxylic acids is 1. The monoisotopic (exact) mass is 357 g/mol. The van der Waals surface area contributed by atoms with Crippen LogP contribution in [0.4, 0.5) is 0 Å². The maximum absolute atomic E-state index is 12.6. The molecule has 2 unspecified atom stereocenters. The van der Waals surface area contributed by atoms with E-state index < -0.39 is 6.10 Å². The minimum absolute atomic E-state index is 0.142. The molecule has 26 heavy (non-hydrogen) atoms. The maximum atomic E-state index is 12.6. The molecule has 0 spiro atoms. The van der Waals surface area contributed by atoms with Crippen LogP contribution in [0.3, 0.4) is 0 Å². The summed E-state index contributed by atoms with van der Waals surface area (Å²) in [4.78, 5) is 12.6. The lowest BCUT2D eigenvalue weighted by atomic mass is 10.1. The Morgan fingerprint density at radius 1 is 1.08 bits per heavy atom. The SMILES string of the molecule is CCC(Oc1cccc(C)c1)C(=O)NC(C)c1ccc(OC)c(OC)c1. The fraction of sp³-hybridized carbons (Fsp3) is 0.381. The normalized spacial score (nSPS) is 12.8. The van der Waals surface area contributed by atoms with Gasteiger partial charge < -0.3 is 19.5 Å². The molecule has 0 aliphatic rings. The van der Waals surface area contributed by atoms with Gasteiger partial charge in [0, 0.05) is 0 Å². The predicted molar refractivity (Wildman–Crippen MR) is 102 cm³/mol. The van der Waals surface area contributed by atoms with Gasteiger partial charge in [-0.05, 0) is 55.7 Å². The largest absolute Gasteiger partial charge is 0.493 e. The lowest BCUT2D eigenvalue weighted by molar-refractivity contribution is -0.128. The first-order valence-electron chi connectivity index (χ1n) is 8.74. The quantitative estimate of drug-likeness (QED) is 0.774. The third-order valence-electron chi connectivity index (χ3n) is 4.20. The molecule has 0 saturated carbocycles. The van der Waals surface area contributed by atoms with E-state index in [4.69, 9.17) is 14.2 Å². The van der Waals surface area contributed by atoms with Crippen molar-refractivity contribution in [3.05, 3.63) is 53.6 Å². The molecule has 2 atom stereocenters. The number of aryl methyl sites for hydroxylation is 1. The van der Waals surface area contributed by atoms with Gasteiger partial charge in [0.15, 0.2) is 17.6 Å². The van der Waals surface area contributed by atoms with Gasteiger partial charge in [0.05, 0.1) is 20.3 Å². The minimum Gasteiger partial charge on any atom is -0.493 e. The number of benzene rings is 2. The third-order valence-corrected chi connectivity index (χ3v) is 4.20. The van der Waals surface area contributed by atoms with Crippen LogP contribution in [0.25, 0.3) is 0 Å². The van der Waals surface area contributed by atoms with Gasteiger partial charge in [0.25, 0.3) is 5.91 Å². The van der Waals surface area contributed by atoms with Gasteiger partial charge in [0.1, 0.15) is 5.75 Å². The highest BCUT2D eigenvalue weighted by Gasteiger charge is 2.21. The molecule has 0 radical (unpaired) electrons. The van der Waals surface area contributed by atoms with Crippen molar-refractivity contribution in [1.29, 1.82) is 0 Å². The molecule has 2 rings (SSSR count). The molecule has 1 N–H and O–H groups in total. The third kappa shape index (κ3) is 4.91. The topological polar surface area (TPSA) is 56.8 Å². The zero-order valence-electron chi connectivity index (χ0n) is 16.0. The van der Waals surface area contributed by atoms with Crippen molar-refractivity contribution in [1.82, 2.24) is 5.32 Å². The minimum atomic E-state index is -0.542. The highest BCUT2D eigenvalue weighted by Crippen LogP contribution is 2.30. The van der Waals surface area contributed by atoms with Crippen LogP contribution in [0.1, 0.15) is 37.4 Å². The van der Waals surface area contributed by atoms with Crippen LogP contribution >= 0.6 is 0 Å². The molecular weight excluding hydrogens is 330 g/mol. The number of methoxy groups -OCH3 is 2. The van der Waals surface area contributed by atoms with E-state index in [2.05, 4.69) is 5.32 Å². The van der Waals surface area contributed by atoms with Crippen molar-refractivity contribution < 1.29 is 19.0 Å². The summed E-state index contributed by atoms with van der Waals surface area (Å²) in [6.45, 7) is 5.85. The molecule has 140 valence electrons. The number of carbonyl (C=O) groups is 1. The van der Waals surface area contributed by atoms with E-state index in [1.807, 2.05) is 63.2 Å². The van der Waals surface area contributed by atoms with E-state index in [0.29, 0.717) is 23.7 Å². The predicted octanol–water partition coefficient (Wildman–Crippen LogP) is 4.05. The van der Waals surface area contributed by atoms with E-state index >= 15 is 0 Å². The number of hydrogen-bond donors (Lipinski definition) is 1. The standard InChI is InChI=1S/C21H27NO4/c1-6-18(26-17-9-7-8-14(2)12-17)21(23)22-15(3)16-10-11-19(24-4)20(13-16)25-5/h7-13,15,18H,6H2,1-5H3,(H,22,23). The zero-order valence-corrected chi connectivity index (χ0v) is 16.0. The summed E-state index contributed by atoms with van der Waals surface area (Å²) in [6.07, 6.45) is 0.0395. The summed E-state index contributed by atoms with van der Waals surface area (Å²) in [5, 5.41) is 3.01. The average molecular weight is 357 g/mol. The molecule has 5 nitrogen and oxygen atoms in total. The van der Waals surface area contributed by atoms with Gasteiger partial charge in [-0.3, -0.25) is 4.79 Å². The molecule has 0 saturated heterocycles. The van der Waals surface area contributed by atoms with Crippen molar-refractivity contribution in [3.63, 3.8) is 0 Å². The molecule has 0 aliphatic heterocycles. The molecule has 1 amide bonds. The van der Waals surface area contributed by atoms with Gasteiger partial charge in [0.2, 0.25) is 0 Å². The van der Waals surface area contributed by atoms with Crippen LogP contribution in [0.5, 0.6) is 17.2 Å². The Labute approximate surface area is 155 Å². The van der Waals surface area contributed by atoms with Gasteiger partial charge in [-0.15, -0.1) is 0 Å². The molecule has 0 aromatic heterocycles. The van der Waals surface area contributed by atoms with Crippen LogP contribution in [-0.2, 0) is 4.79 Å². The maximum Gasteiger partial charge on any atom is 0.261 e. The van der Waals surface area contributed by atoms with E-state index in [1.165, 1.54) is 0 Å². The second-order valence-electron chi connectivity index (χ2n) is 6.18. The van der Waals surface area contributed by atoms with Gasteiger partial charge in [-0.2, -0.15) is 0 Å². The zero-order chi connectivity index (χ0) is 19.1. The van der Waals surface area contributed by atoms with Gasteiger partial charge >= 0.3 is 0 Å². The van der Waals surface area contributed by atoms with E-state index in [1.54, 1.807) is 14.2 Å². The van der Waals surface area contributed by atoms with Crippen molar-refractivity contribution in [2.24, 2.45) is 0 Å². The highest BCUT2D eigenvalue weighted by molar-refractivity contribution is 5.81. The number of amides is 1. The van der Waals surface area contributed by atoms with Crippen LogP contribution < -0.4 is 19.5 Å². The first-order chi connectivity index (χ1) is 12.5. The summed E-state index contributed by atoms with van der Waals surface area (Å²) in [6, 6.07) is 13.1. The summed E-state index contributed by atoms with van der Waals surface area (Å²) in [7, 11) is 3.19. The average Bonchev–Trinajstić information content (AvgIpc) is 2.65.